The van der Waals surface area contributed by atoms with Gasteiger partial charge in [-0.2, -0.15) is 5.10 Å². The van der Waals surface area contributed by atoms with Crippen LogP contribution in [0.2, 0.25) is 0 Å². The van der Waals surface area contributed by atoms with Crippen molar-refractivity contribution in [2.24, 2.45) is 5.73 Å². The SMILES string of the molecule is CCCOCC(N)c1cc(C)nn1CC. The fraction of sp³-hybridized carbons (Fsp3) is 0.727. The molecule has 1 unspecified atom stereocenters. The second-order valence-corrected chi connectivity index (χ2v) is 3.71. The monoisotopic (exact) mass is 211 g/mol. The van der Waals surface area contributed by atoms with E-state index in [0.29, 0.717) is 6.61 Å². The molecule has 15 heavy (non-hydrogen) atoms. The summed E-state index contributed by atoms with van der Waals surface area (Å²) in [5, 5.41) is 4.36. The Morgan fingerprint density at radius 3 is 2.87 bits per heavy atom. The first-order valence-corrected chi connectivity index (χ1v) is 5.56. The van der Waals surface area contributed by atoms with Gasteiger partial charge in [0.05, 0.1) is 24.0 Å². The molecule has 0 bridgehead atoms. The van der Waals surface area contributed by atoms with Gasteiger partial charge in [0.15, 0.2) is 0 Å². The zero-order valence-corrected chi connectivity index (χ0v) is 9.86. The van der Waals surface area contributed by atoms with Gasteiger partial charge in [0, 0.05) is 13.2 Å². The first kappa shape index (κ1) is 12.2. The maximum absolute atomic E-state index is 6.04. The van der Waals surface area contributed by atoms with E-state index in [4.69, 9.17) is 10.5 Å². The lowest BCUT2D eigenvalue weighted by Gasteiger charge is -2.13. The van der Waals surface area contributed by atoms with Crippen LogP contribution in [0.15, 0.2) is 6.07 Å². The van der Waals surface area contributed by atoms with Gasteiger partial charge in [-0.3, -0.25) is 4.68 Å². The minimum absolute atomic E-state index is 0.0716. The van der Waals surface area contributed by atoms with Crippen molar-refractivity contribution in [3.8, 4) is 0 Å². The molecule has 0 radical (unpaired) electrons. The Hall–Kier alpha value is -0.870. The molecule has 4 nitrogen and oxygen atoms in total. The molecule has 0 aliphatic rings. The maximum atomic E-state index is 6.04. The van der Waals surface area contributed by atoms with Crippen molar-refractivity contribution in [1.82, 2.24) is 9.78 Å². The van der Waals surface area contributed by atoms with Gasteiger partial charge in [-0.15, -0.1) is 0 Å². The normalized spacial score (nSPS) is 13.1. The number of aromatic nitrogens is 2. The average molecular weight is 211 g/mol. The van der Waals surface area contributed by atoms with E-state index in [0.717, 1.165) is 31.0 Å². The molecule has 4 heteroatoms. The minimum Gasteiger partial charge on any atom is -0.379 e. The van der Waals surface area contributed by atoms with E-state index < -0.39 is 0 Å². The third-order valence-electron chi connectivity index (χ3n) is 2.26. The van der Waals surface area contributed by atoms with E-state index >= 15 is 0 Å². The topological polar surface area (TPSA) is 53.1 Å². The third kappa shape index (κ3) is 3.32. The van der Waals surface area contributed by atoms with Crippen molar-refractivity contribution < 1.29 is 4.74 Å². The summed E-state index contributed by atoms with van der Waals surface area (Å²) in [6, 6.07) is 1.96. The molecule has 0 saturated heterocycles. The minimum atomic E-state index is -0.0716. The molecule has 1 heterocycles. The first-order valence-electron chi connectivity index (χ1n) is 5.56. The molecule has 1 rings (SSSR count). The summed E-state index contributed by atoms with van der Waals surface area (Å²) >= 11 is 0. The van der Waals surface area contributed by atoms with Crippen molar-refractivity contribution in [2.75, 3.05) is 13.2 Å². The second-order valence-electron chi connectivity index (χ2n) is 3.71. The number of hydrogen-bond acceptors (Lipinski definition) is 3. The van der Waals surface area contributed by atoms with E-state index in [9.17, 15) is 0 Å². The fourth-order valence-corrected chi connectivity index (χ4v) is 1.56. The molecule has 86 valence electrons. The predicted molar refractivity (Wildman–Crippen MR) is 60.7 cm³/mol. The molecular formula is C11H21N3O. The van der Waals surface area contributed by atoms with Crippen molar-refractivity contribution in [1.29, 1.82) is 0 Å². The molecule has 0 saturated carbocycles. The Morgan fingerprint density at radius 1 is 1.53 bits per heavy atom. The average Bonchev–Trinajstić information content (AvgIpc) is 2.60. The molecular weight excluding hydrogens is 190 g/mol. The highest BCUT2D eigenvalue weighted by Crippen LogP contribution is 2.12. The van der Waals surface area contributed by atoms with Crippen LogP contribution in [0.3, 0.4) is 0 Å². The van der Waals surface area contributed by atoms with Gasteiger partial charge in [-0.1, -0.05) is 6.92 Å². The molecule has 0 spiro atoms. The molecule has 1 aromatic heterocycles. The van der Waals surface area contributed by atoms with Crippen LogP contribution in [0, 0.1) is 6.92 Å². The van der Waals surface area contributed by atoms with Crippen molar-refractivity contribution in [3.05, 3.63) is 17.5 Å². The van der Waals surface area contributed by atoms with E-state index in [1.807, 2.05) is 17.7 Å². The fourth-order valence-electron chi connectivity index (χ4n) is 1.56. The zero-order valence-electron chi connectivity index (χ0n) is 9.86. The lowest BCUT2D eigenvalue weighted by molar-refractivity contribution is 0.119. The second kappa shape index (κ2) is 5.88. The van der Waals surface area contributed by atoms with Crippen LogP contribution in [-0.2, 0) is 11.3 Å². The Bertz CT molecular complexity index is 296. The van der Waals surface area contributed by atoms with E-state index in [-0.39, 0.29) is 6.04 Å². The van der Waals surface area contributed by atoms with Gasteiger partial charge in [0.25, 0.3) is 0 Å². The van der Waals surface area contributed by atoms with E-state index in [1.54, 1.807) is 0 Å². The van der Waals surface area contributed by atoms with Crippen LogP contribution in [0.5, 0.6) is 0 Å². The van der Waals surface area contributed by atoms with Gasteiger partial charge >= 0.3 is 0 Å². The van der Waals surface area contributed by atoms with Crippen LogP contribution in [0.1, 0.15) is 37.7 Å². The van der Waals surface area contributed by atoms with E-state index in [1.165, 1.54) is 0 Å². The van der Waals surface area contributed by atoms with Crippen molar-refractivity contribution in [2.45, 2.75) is 39.8 Å². The molecule has 1 atom stereocenters. The molecule has 0 aliphatic heterocycles. The van der Waals surface area contributed by atoms with Crippen LogP contribution in [0.25, 0.3) is 0 Å². The first-order chi connectivity index (χ1) is 7.19. The summed E-state index contributed by atoms with van der Waals surface area (Å²) in [5.41, 5.74) is 8.11. The smallest absolute Gasteiger partial charge is 0.0704 e. The Kier molecular flexibility index (Phi) is 4.78. The number of aryl methyl sites for hydroxylation is 2. The van der Waals surface area contributed by atoms with Crippen molar-refractivity contribution in [3.63, 3.8) is 0 Å². The molecule has 2 N–H and O–H groups in total. The molecule has 0 aliphatic carbocycles. The van der Waals surface area contributed by atoms with Gasteiger partial charge in [-0.25, -0.2) is 0 Å². The van der Waals surface area contributed by atoms with Crippen LogP contribution < -0.4 is 5.73 Å². The van der Waals surface area contributed by atoms with Gasteiger partial charge in [0.1, 0.15) is 0 Å². The van der Waals surface area contributed by atoms with E-state index in [2.05, 4.69) is 18.9 Å². The van der Waals surface area contributed by atoms with Crippen LogP contribution in [0.4, 0.5) is 0 Å². The largest absolute Gasteiger partial charge is 0.379 e. The summed E-state index contributed by atoms with van der Waals surface area (Å²) in [7, 11) is 0. The number of nitrogens with two attached hydrogens (primary N) is 1. The number of hydrogen-bond donors (Lipinski definition) is 1. The highest BCUT2D eigenvalue weighted by Gasteiger charge is 2.12. The summed E-state index contributed by atoms with van der Waals surface area (Å²) in [6.07, 6.45) is 1.03. The van der Waals surface area contributed by atoms with Gasteiger partial charge < -0.3 is 10.5 Å². The Labute approximate surface area is 91.4 Å². The Morgan fingerprint density at radius 2 is 2.27 bits per heavy atom. The Balaban J connectivity index is 2.59. The summed E-state index contributed by atoms with van der Waals surface area (Å²) in [4.78, 5) is 0. The predicted octanol–water partition coefficient (Wildman–Crippen LogP) is 1.64. The van der Waals surface area contributed by atoms with Gasteiger partial charge in [0.2, 0.25) is 0 Å². The molecule has 0 amide bonds. The lowest BCUT2D eigenvalue weighted by Crippen LogP contribution is -2.21. The standard InChI is InChI=1S/C11H21N3O/c1-4-6-15-8-10(12)11-7-9(3)13-14(11)5-2/h7,10H,4-6,8,12H2,1-3H3. The highest BCUT2D eigenvalue weighted by atomic mass is 16.5. The third-order valence-corrected chi connectivity index (χ3v) is 2.26. The summed E-state index contributed by atoms with van der Waals surface area (Å²) < 4.78 is 7.38. The number of rotatable bonds is 6. The quantitative estimate of drug-likeness (QED) is 0.728. The lowest BCUT2D eigenvalue weighted by atomic mass is 10.2. The maximum Gasteiger partial charge on any atom is 0.0704 e. The number of ether oxygens (including phenoxy) is 1. The van der Waals surface area contributed by atoms with Crippen LogP contribution in [-0.4, -0.2) is 23.0 Å². The van der Waals surface area contributed by atoms with Gasteiger partial charge in [-0.05, 0) is 26.3 Å². The van der Waals surface area contributed by atoms with Crippen LogP contribution >= 0.6 is 0 Å². The summed E-state index contributed by atoms with van der Waals surface area (Å²) in [5.74, 6) is 0. The zero-order chi connectivity index (χ0) is 11.3. The molecule has 1 aromatic rings. The number of nitrogens with zero attached hydrogens (tertiary/aromatic N) is 2. The molecule has 0 aromatic carbocycles. The van der Waals surface area contributed by atoms with Crippen molar-refractivity contribution >= 4 is 0 Å². The highest BCUT2D eigenvalue weighted by molar-refractivity contribution is 5.12. The molecule has 0 fully saturated rings. The summed E-state index contributed by atoms with van der Waals surface area (Å²) in [6.45, 7) is 8.33.